The number of carbonyl (C=O) groups excluding carboxylic acids is 2. The van der Waals surface area contributed by atoms with Crippen molar-refractivity contribution in [2.45, 2.75) is 57.7 Å². The second-order valence-electron chi connectivity index (χ2n) is 6.87. The fraction of sp³-hybridized carbons (Fsp3) is 0.556. The number of hydrogen-bond acceptors (Lipinski definition) is 4. The highest BCUT2D eigenvalue weighted by Crippen LogP contribution is 2.53. The van der Waals surface area contributed by atoms with Gasteiger partial charge < -0.3 is 15.0 Å². The predicted octanol–water partition coefficient (Wildman–Crippen LogP) is 3.21. The number of benzene rings is 1. The zero-order chi connectivity index (χ0) is 17.6. The van der Waals surface area contributed by atoms with Crippen LogP contribution in [0.2, 0.25) is 0 Å². The SMILES string of the molecule is COC(=O)c1cc(Br)c2c(c1)C1CCC(NC(C)=O)C1N2C(C)C. The van der Waals surface area contributed by atoms with Crippen molar-refractivity contribution in [2.24, 2.45) is 0 Å². The zero-order valence-electron chi connectivity index (χ0n) is 14.4. The van der Waals surface area contributed by atoms with E-state index in [0.717, 1.165) is 23.0 Å². The first-order valence-electron chi connectivity index (χ1n) is 8.32. The van der Waals surface area contributed by atoms with Gasteiger partial charge in [-0.05, 0) is 60.3 Å². The van der Waals surface area contributed by atoms with Crippen LogP contribution in [-0.4, -0.2) is 37.1 Å². The smallest absolute Gasteiger partial charge is 0.337 e. The molecule has 1 aromatic rings. The number of nitrogens with one attached hydrogen (secondary N) is 1. The van der Waals surface area contributed by atoms with Gasteiger partial charge in [0.05, 0.1) is 24.4 Å². The second kappa shape index (κ2) is 6.39. The maximum Gasteiger partial charge on any atom is 0.337 e. The van der Waals surface area contributed by atoms with Crippen LogP contribution in [0.5, 0.6) is 0 Å². The number of esters is 1. The fourth-order valence-electron chi connectivity index (χ4n) is 4.29. The van der Waals surface area contributed by atoms with Crippen LogP contribution in [0.25, 0.3) is 0 Å². The molecule has 0 bridgehead atoms. The largest absolute Gasteiger partial charge is 0.465 e. The Bertz CT molecular complexity index is 689. The van der Waals surface area contributed by atoms with E-state index in [1.807, 2.05) is 12.1 Å². The fourth-order valence-corrected chi connectivity index (χ4v) is 4.97. The summed E-state index contributed by atoms with van der Waals surface area (Å²) in [5, 5.41) is 3.11. The average molecular weight is 395 g/mol. The average Bonchev–Trinajstić information content (AvgIpc) is 3.05. The molecule has 1 N–H and O–H groups in total. The number of nitrogens with zero attached hydrogens (tertiary/aromatic N) is 1. The van der Waals surface area contributed by atoms with Crippen molar-refractivity contribution in [2.75, 3.05) is 12.0 Å². The van der Waals surface area contributed by atoms with Crippen molar-refractivity contribution < 1.29 is 14.3 Å². The van der Waals surface area contributed by atoms with Gasteiger partial charge >= 0.3 is 5.97 Å². The number of rotatable bonds is 3. The van der Waals surface area contributed by atoms with Crippen LogP contribution < -0.4 is 10.2 Å². The summed E-state index contributed by atoms with van der Waals surface area (Å²) in [5.74, 6) is 0.00392. The molecule has 6 heteroatoms. The molecule has 1 amide bonds. The molecule has 5 nitrogen and oxygen atoms in total. The molecule has 0 aromatic heterocycles. The third-order valence-corrected chi connectivity index (χ3v) is 5.66. The molecular formula is C18H23BrN2O3. The molecule has 0 spiro atoms. The molecule has 24 heavy (non-hydrogen) atoms. The first kappa shape index (κ1) is 17.3. The van der Waals surface area contributed by atoms with Crippen LogP contribution in [0.15, 0.2) is 16.6 Å². The van der Waals surface area contributed by atoms with E-state index in [1.54, 1.807) is 6.92 Å². The van der Waals surface area contributed by atoms with Gasteiger partial charge in [0.1, 0.15) is 0 Å². The Morgan fingerprint density at radius 3 is 2.62 bits per heavy atom. The van der Waals surface area contributed by atoms with Crippen LogP contribution in [0, 0.1) is 0 Å². The summed E-state index contributed by atoms with van der Waals surface area (Å²) >= 11 is 3.65. The van der Waals surface area contributed by atoms with Gasteiger partial charge in [0.25, 0.3) is 0 Å². The van der Waals surface area contributed by atoms with E-state index in [0.29, 0.717) is 17.5 Å². The van der Waals surface area contributed by atoms with Crippen molar-refractivity contribution in [3.8, 4) is 0 Å². The number of hydrogen-bond donors (Lipinski definition) is 1. The number of anilines is 1. The van der Waals surface area contributed by atoms with E-state index in [4.69, 9.17) is 4.74 Å². The Morgan fingerprint density at radius 1 is 1.33 bits per heavy atom. The number of amides is 1. The first-order chi connectivity index (χ1) is 11.3. The Kier molecular flexibility index (Phi) is 4.60. The minimum atomic E-state index is -0.325. The lowest BCUT2D eigenvalue weighted by molar-refractivity contribution is -0.119. The van der Waals surface area contributed by atoms with Crippen molar-refractivity contribution in [3.05, 3.63) is 27.7 Å². The first-order valence-corrected chi connectivity index (χ1v) is 9.11. The Labute approximate surface area is 150 Å². The van der Waals surface area contributed by atoms with E-state index in [1.165, 1.54) is 12.7 Å². The lowest BCUT2D eigenvalue weighted by atomic mass is 9.95. The van der Waals surface area contributed by atoms with Crippen LogP contribution in [-0.2, 0) is 9.53 Å². The highest BCUT2D eigenvalue weighted by Gasteiger charge is 2.49. The molecule has 1 aliphatic heterocycles. The second-order valence-corrected chi connectivity index (χ2v) is 7.72. The molecule has 1 saturated carbocycles. The molecule has 1 aromatic carbocycles. The predicted molar refractivity (Wildman–Crippen MR) is 96.5 cm³/mol. The van der Waals surface area contributed by atoms with Crippen LogP contribution >= 0.6 is 15.9 Å². The normalized spacial score (nSPS) is 24.8. The molecule has 1 aliphatic carbocycles. The van der Waals surface area contributed by atoms with E-state index < -0.39 is 0 Å². The Hall–Kier alpha value is -1.56. The van der Waals surface area contributed by atoms with E-state index >= 15 is 0 Å². The minimum Gasteiger partial charge on any atom is -0.465 e. The summed E-state index contributed by atoms with van der Waals surface area (Å²) in [7, 11) is 1.40. The van der Waals surface area contributed by atoms with Crippen molar-refractivity contribution >= 4 is 33.5 Å². The highest BCUT2D eigenvalue weighted by molar-refractivity contribution is 9.10. The molecule has 1 heterocycles. The monoisotopic (exact) mass is 394 g/mol. The maximum absolute atomic E-state index is 12.0. The van der Waals surface area contributed by atoms with Gasteiger partial charge in [-0.3, -0.25) is 4.79 Å². The standard InChI is InChI=1S/C18H23BrN2O3/c1-9(2)21-16-13(7-11(8-14(16)19)18(23)24-4)12-5-6-15(17(12)21)20-10(3)22/h7-9,12,15,17H,5-6H2,1-4H3,(H,20,22). The zero-order valence-corrected chi connectivity index (χ0v) is 16.0. The van der Waals surface area contributed by atoms with Gasteiger partial charge in [0.2, 0.25) is 5.91 Å². The number of halogens is 1. The summed E-state index contributed by atoms with van der Waals surface area (Å²) in [6, 6.07) is 4.45. The van der Waals surface area contributed by atoms with Crippen LogP contribution in [0.3, 0.4) is 0 Å². The van der Waals surface area contributed by atoms with Crippen LogP contribution in [0.4, 0.5) is 5.69 Å². The molecule has 130 valence electrons. The molecule has 3 unspecified atom stereocenters. The topological polar surface area (TPSA) is 58.6 Å². The minimum absolute atomic E-state index is 0.00891. The molecule has 1 fully saturated rings. The third kappa shape index (κ3) is 2.70. The Morgan fingerprint density at radius 2 is 2.04 bits per heavy atom. The number of fused-ring (bicyclic) bond motifs is 3. The quantitative estimate of drug-likeness (QED) is 0.799. The lowest BCUT2D eigenvalue weighted by Gasteiger charge is -2.35. The van der Waals surface area contributed by atoms with Crippen LogP contribution in [0.1, 0.15) is 55.5 Å². The third-order valence-electron chi connectivity index (χ3n) is 5.05. The number of carbonyl (C=O) groups is 2. The summed E-state index contributed by atoms with van der Waals surface area (Å²) in [4.78, 5) is 25.9. The summed E-state index contributed by atoms with van der Waals surface area (Å²) < 4.78 is 5.79. The van der Waals surface area contributed by atoms with Crippen molar-refractivity contribution in [1.29, 1.82) is 0 Å². The van der Waals surface area contributed by atoms with Gasteiger partial charge in [-0.25, -0.2) is 4.79 Å². The Balaban J connectivity index is 2.08. The molecule has 0 saturated heterocycles. The molecule has 3 atom stereocenters. The van der Waals surface area contributed by atoms with E-state index in [9.17, 15) is 9.59 Å². The van der Waals surface area contributed by atoms with E-state index in [-0.39, 0.29) is 24.0 Å². The van der Waals surface area contributed by atoms with Gasteiger partial charge in [0.15, 0.2) is 0 Å². The lowest BCUT2D eigenvalue weighted by Crippen LogP contribution is -2.50. The molecule has 2 aliphatic rings. The molecule has 3 rings (SSSR count). The summed E-state index contributed by atoms with van der Waals surface area (Å²) in [6.07, 6.45) is 1.96. The number of methoxy groups -OCH3 is 1. The van der Waals surface area contributed by atoms with E-state index in [2.05, 4.69) is 40.0 Å². The summed E-state index contributed by atoms with van der Waals surface area (Å²) in [6.45, 7) is 5.90. The van der Waals surface area contributed by atoms with Gasteiger partial charge in [0, 0.05) is 29.4 Å². The molecule has 0 radical (unpaired) electrons. The number of ether oxygens (including phenoxy) is 1. The van der Waals surface area contributed by atoms with Crippen molar-refractivity contribution in [3.63, 3.8) is 0 Å². The van der Waals surface area contributed by atoms with Crippen molar-refractivity contribution in [1.82, 2.24) is 5.32 Å². The maximum atomic E-state index is 12.0. The molecular weight excluding hydrogens is 372 g/mol. The highest BCUT2D eigenvalue weighted by atomic mass is 79.9. The summed E-state index contributed by atoms with van der Waals surface area (Å²) in [5.41, 5.74) is 2.88. The van der Waals surface area contributed by atoms with Gasteiger partial charge in [-0.15, -0.1) is 0 Å². The van der Waals surface area contributed by atoms with Gasteiger partial charge in [-0.1, -0.05) is 0 Å². The van der Waals surface area contributed by atoms with Gasteiger partial charge in [-0.2, -0.15) is 0 Å².